The van der Waals surface area contributed by atoms with Gasteiger partial charge in [0.2, 0.25) is 0 Å². The number of carbonyl (C=O) groups excluding carboxylic acids is 1. The van der Waals surface area contributed by atoms with Crippen LogP contribution in [0.2, 0.25) is 0 Å². The van der Waals surface area contributed by atoms with Crippen LogP contribution in [0.5, 0.6) is 0 Å². The number of nitrogens with zero attached hydrogens (tertiary/aromatic N) is 1. The number of hydrogen-bond donors (Lipinski definition) is 1. The van der Waals surface area contributed by atoms with E-state index >= 15 is 0 Å². The molecule has 0 saturated heterocycles. The Kier molecular flexibility index (Phi) is 4.00. The lowest BCUT2D eigenvalue weighted by Crippen LogP contribution is -2.15. The van der Waals surface area contributed by atoms with Gasteiger partial charge in [0, 0.05) is 15.9 Å². The molecule has 2 aromatic rings. The van der Waals surface area contributed by atoms with Crippen LogP contribution >= 0.6 is 15.9 Å². The number of amides is 1. The fraction of sp³-hybridized carbons (Fsp3) is 0.200. The summed E-state index contributed by atoms with van der Waals surface area (Å²) in [5.41, 5.74) is 4.15. The van der Waals surface area contributed by atoms with Crippen molar-refractivity contribution in [2.24, 2.45) is 0 Å². The summed E-state index contributed by atoms with van der Waals surface area (Å²) >= 11 is 3.44. The first kappa shape index (κ1) is 13.7. The number of benzene rings is 1. The summed E-state index contributed by atoms with van der Waals surface area (Å²) in [5, 5.41) is 2.93. The maximum atomic E-state index is 12.2. The number of pyridine rings is 1. The lowest BCUT2D eigenvalue weighted by molar-refractivity contribution is 0.102. The Hall–Kier alpha value is -1.68. The summed E-state index contributed by atoms with van der Waals surface area (Å²) < 4.78 is 1.01. The lowest BCUT2D eigenvalue weighted by atomic mass is 10.1. The van der Waals surface area contributed by atoms with Gasteiger partial charge in [0.05, 0.1) is 0 Å². The predicted molar refractivity (Wildman–Crippen MR) is 80.5 cm³/mol. The molecule has 0 fully saturated rings. The number of hydrogen-bond acceptors (Lipinski definition) is 2. The van der Waals surface area contributed by atoms with Crippen molar-refractivity contribution in [2.75, 3.05) is 5.32 Å². The quantitative estimate of drug-likeness (QED) is 0.908. The second kappa shape index (κ2) is 5.53. The molecule has 0 atom stereocenters. The van der Waals surface area contributed by atoms with Crippen LogP contribution in [0.1, 0.15) is 27.3 Å². The molecule has 1 heterocycles. The third-order valence-corrected chi connectivity index (χ3v) is 3.31. The van der Waals surface area contributed by atoms with E-state index in [1.165, 1.54) is 0 Å². The number of rotatable bonds is 2. The van der Waals surface area contributed by atoms with Crippen molar-refractivity contribution >= 4 is 27.5 Å². The molecule has 98 valence electrons. The Morgan fingerprint density at radius 2 is 1.79 bits per heavy atom. The standard InChI is InChI=1S/C15H15BrN2O/c1-9-7-12(16)8-10(2)14(9)18-15(19)13-6-4-5-11(3)17-13/h4-8H,1-3H3,(H,18,19). The average molecular weight is 319 g/mol. The first-order valence-corrected chi connectivity index (χ1v) is 6.78. The summed E-state index contributed by atoms with van der Waals surface area (Å²) in [6.07, 6.45) is 0. The van der Waals surface area contributed by atoms with Gasteiger partial charge in [0.25, 0.3) is 5.91 Å². The molecule has 0 aliphatic heterocycles. The van der Waals surface area contributed by atoms with Gasteiger partial charge in [-0.05, 0) is 56.2 Å². The third-order valence-electron chi connectivity index (χ3n) is 2.86. The van der Waals surface area contributed by atoms with Gasteiger partial charge in [-0.15, -0.1) is 0 Å². The molecule has 1 aromatic carbocycles. The molecule has 2 rings (SSSR count). The zero-order valence-corrected chi connectivity index (χ0v) is 12.7. The number of aryl methyl sites for hydroxylation is 3. The summed E-state index contributed by atoms with van der Waals surface area (Å²) in [6, 6.07) is 9.37. The van der Waals surface area contributed by atoms with Crippen LogP contribution in [0.4, 0.5) is 5.69 Å². The average Bonchev–Trinajstić information content (AvgIpc) is 2.33. The van der Waals surface area contributed by atoms with Gasteiger partial charge < -0.3 is 5.32 Å². The molecule has 4 heteroatoms. The first-order chi connectivity index (χ1) is 8.97. The number of carbonyl (C=O) groups is 1. The first-order valence-electron chi connectivity index (χ1n) is 5.99. The van der Waals surface area contributed by atoms with Gasteiger partial charge in [-0.1, -0.05) is 22.0 Å². The number of halogens is 1. The van der Waals surface area contributed by atoms with Crippen LogP contribution < -0.4 is 5.32 Å². The summed E-state index contributed by atoms with van der Waals surface area (Å²) in [5.74, 6) is -0.183. The summed E-state index contributed by atoms with van der Waals surface area (Å²) in [7, 11) is 0. The number of aromatic nitrogens is 1. The summed E-state index contributed by atoms with van der Waals surface area (Å²) in [6.45, 7) is 5.81. The van der Waals surface area contributed by atoms with Gasteiger partial charge in [-0.2, -0.15) is 0 Å². The van der Waals surface area contributed by atoms with Crippen molar-refractivity contribution in [3.8, 4) is 0 Å². The Balaban J connectivity index is 2.29. The molecule has 0 saturated carbocycles. The molecule has 19 heavy (non-hydrogen) atoms. The minimum atomic E-state index is -0.183. The molecule has 0 bridgehead atoms. The Labute approximate surface area is 121 Å². The highest BCUT2D eigenvalue weighted by atomic mass is 79.9. The third kappa shape index (κ3) is 3.20. The molecule has 0 spiro atoms. The molecular formula is C15H15BrN2O. The van der Waals surface area contributed by atoms with Gasteiger partial charge in [0.15, 0.2) is 0 Å². The SMILES string of the molecule is Cc1cccc(C(=O)Nc2c(C)cc(Br)cc2C)n1. The maximum absolute atomic E-state index is 12.2. The highest BCUT2D eigenvalue weighted by Crippen LogP contribution is 2.25. The van der Waals surface area contributed by atoms with Crippen LogP contribution in [0.15, 0.2) is 34.8 Å². The van der Waals surface area contributed by atoms with Gasteiger partial charge in [-0.3, -0.25) is 4.79 Å². The van der Waals surface area contributed by atoms with E-state index in [1.807, 2.05) is 45.0 Å². The van der Waals surface area contributed by atoms with E-state index in [-0.39, 0.29) is 5.91 Å². The smallest absolute Gasteiger partial charge is 0.274 e. The van der Waals surface area contributed by atoms with E-state index in [9.17, 15) is 4.79 Å². The van der Waals surface area contributed by atoms with Crippen LogP contribution in [0, 0.1) is 20.8 Å². The topological polar surface area (TPSA) is 42.0 Å². The van der Waals surface area contributed by atoms with Crippen LogP contribution in [-0.4, -0.2) is 10.9 Å². The van der Waals surface area contributed by atoms with Crippen molar-refractivity contribution in [3.63, 3.8) is 0 Å². The molecule has 1 amide bonds. The van der Waals surface area contributed by atoms with Crippen molar-refractivity contribution < 1.29 is 4.79 Å². The maximum Gasteiger partial charge on any atom is 0.274 e. The molecule has 0 unspecified atom stereocenters. The fourth-order valence-corrected chi connectivity index (χ4v) is 2.64. The van der Waals surface area contributed by atoms with Crippen molar-refractivity contribution in [3.05, 3.63) is 57.3 Å². The highest BCUT2D eigenvalue weighted by Gasteiger charge is 2.11. The van der Waals surface area contributed by atoms with E-state index in [4.69, 9.17) is 0 Å². The molecule has 0 radical (unpaired) electrons. The van der Waals surface area contributed by atoms with Crippen molar-refractivity contribution in [1.29, 1.82) is 0 Å². The highest BCUT2D eigenvalue weighted by molar-refractivity contribution is 9.10. The van der Waals surface area contributed by atoms with E-state index < -0.39 is 0 Å². The molecule has 0 aliphatic rings. The lowest BCUT2D eigenvalue weighted by Gasteiger charge is -2.12. The largest absolute Gasteiger partial charge is 0.320 e. The minimum absolute atomic E-state index is 0.183. The molecule has 1 N–H and O–H groups in total. The van der Waals surface area contributed by atoms with E-state index in [0.29, 0.717) is 5.69 Å². The number of anilines is 1. The van der Waals surface area contributed by atoms with Gasteiger partial charge in [0.1, 0.15) is 5.69 Å². The molecular weight excluding hydrogens is 304 g/mol. The fourth-order valence-electron chi connectivity index (χ4n) is 1.95. The normalized spacial score (nSPS) is 10.3. The van der Waals surface area contributed by atoms with Crippen molar-refractivity contribution in [1.82, 2.24) is 4.98 Å². The second-order valence-electron chi connectivity index (χ2n) is 4.53. The van der Waals surface area contributed by atoms with Crippen LogP contribution in [0.3, 0.4) is 0 Å². The minimum Gasteiger partial charge on any atom is -0.320 e. The Morgan fingerprint density at radius 1 is 1.16 bits per heavy atom. The molecule has 0 aliphatic carbocycles. The van der Waals surface area contributed by atoms with Gasteiger partial charge >= 0.3 is 0 Å². The van der Waals surface area contributed by atoms with E-state index in [0.717, 1.165) is 27.0 Å². The van der Waals surface area contributed by atoms with Gasteiger partial charge in [-0.25, -0.2) is 4.98 Å². The zero-order valence-electron chi connectivity index (χ0n) is 11.1. The second-order valence-corrected chi connectivity index (χ2v) is 5.45. The van der Waals surface area contributed by atoms with Crippen LogP contribution in [0.25, 0.3) is 0 Å². The number of nitrogens with one attached hydrogen (secondary N) is 1. The molecule has 3 nitrogen and oxygen atoms in total. The summed E-state index contributed by atoms with van der Waals surface area (Å²) in [4.78, 5) is 16.4. The van der Waals surface area contributed by atoms with Crippen LogP contribution in [-0.2, 0) is 0 Å². The Bertz CT molecular complexity index is 615. The zero-order chi connectivity index (χ0) is 14.0. The van der Waals surface area contributed by atoms with Crippen molar-refractivity contribution in [2.45, 2.75) is 20.8 Å². The molecule has 1 aromatic heterocycles. The predicted octanol–water partition coefficient (Wildman–Crippen LogP) is 4.02. The van der Waals surface area contributed by atoms with E-state index in [2.05, 4.69) is 26.2 Å². The Morgan fingerprint density at radius 3 is 2.37 bits per heavy atom. The monoisotopic (exact) mass is 318 g/mol. The van der Waals surface area contributed by atoms with E-state index in [1.54, 1.807) is 6.07 Å².